The van der Waals surface area contributed by atoms with E-state index in [0.29, 0.717) is 54.9 Å². The van der Waals surface area contributed by atoms with Gasteiger partial charge in [-0.2, -0.15) is 0 Å². The van der Waals surface area contributed by atoms with Gasteiger partial charge in [0.1, 0.15) is 17.4 Å². The first-order chi connectivity index (χ1) is 22.1. The van der Waals surface area contributed by atoms with Crippen molar-refractivity contribution < 1.29 is 23.8 Å². The minimum Gasteiger partial charge on any atom is -0.481 e. The molecule has 2 aliphatic rings. The molecule has 3 unspecified atom stereocenters. The summed E-state index contributed by atoms with van der Waals surface area (Å²) in [5.41, 5.74) is 3.10. The van der Waals surface area contributed by atoms with E-state index in [1.807, 2.05) is 41.3 Å². The van der Waals surface area contributed by atoms with Crippen LogP contribution in [0.2, 0.25) is 5.02 Å². The summed E-state index contributed by atoms with van der Waals surface area (Å²) in [6, 6.07) is 12.7. The standard InChI is InChI=1S/C34H38Cl2FN5O4/c1-21(43)14-38-15-24-16-39-29(13-23(24)20-45-2)32(44)41-34(12-6-8-27(31(34)36)26-7-4-5-9-28(26)35)30-11-10-22(33(40-30)46-3)17-42-18-25(37)19-42/h4-13,16,21,25,31,38,43H,14-15,17-20H2,1-3H3,(H,41,44). The molecule has 12 heteroatoms. The third kappa shape index (κ3) is 7.43. The molecule has 1 saturated heterocycles. The third-order valence-electron chi connectivity index (χ3n) is 8.05. The summed E-state index contributed by atoms with van der Waals surface area (Å²) in [4.78, 5) is 25.4. The maximum absolute atomic E-state index is 14.1. The molecule has 1 aromatic carbocycles. The fourth-order valence-corrected chi connectivity index (χ4v) is 6.34. The molecule has 9 nitrogen and oxygen atoms in total. The van der Waals surface area contributed by atoms with E-state index in [4.69, 9.17) is 37.7 Å². The lowest BCUT2D eigenvalue weighted by molar-refractivity contribution is 0.0582. The Bertz CT molecular complexity index is 1610. The summed E-state index contributed by atoms with van der Waals surface area (Å²) in [5.74, 6) is -0.120. The van der Waals surface area contributed by atoms with E-state index in [1.54, 1.807) is 44.5 Å². The zero-order valence-electron chi connectivity index (χ0n) is 26.0. The molecule has 3 aromatic rings. The van der Waals surface area contributed by atoms with Crippen LogP contribution in [0.25, 0.3) is 5.57 Å². The number of pyridine rings is 2. The molecule has 1 fully saturated rings. The molecule has 0 bridgehead atoms. The van der Waals surface area contributed by atoms with E-state index in [2.05, 4.69) is 15.6 Å². The number of hydrogen-bond acceptors (Lipinski definition) is 8. The minimum atomic E-state index is -1.34. The predicted octanol–water partition coefficient (Wildman–Crippen LogP) is 4.80. The number of nitrogens with zero attached hydrogens (tertiary/aromatic N) is 3. The van der Waals surface area contributed by atoms with Crippen molar-refractivity contribution in [3.63, 3.8) is 0 Å². The predicted molar refractivity (Wildman–Crippen MR) is 177 cm³/mol. The molecule has 244 valence electrons. The number of nitrogens with one attached hydrogen (secondary N) is 2. The van der Waals surface area contributed by atoms with E-state index < -0.39 is 29.1 Å². The van der Waals surface area contributed by atoms with Crippen molar-refractivity contribution in [2.75, 3.05) is 33.9 Å². The Morgan fingerprint density at radius 2 is 1.98 bits per heavy atom. The number of aromatic nitrogens is 2. The van der Waals surface area contributed by atoms with Crippen LogP contribution < -0.4 is 15.4 Å². The first-order valence-electron chi connectivity index (χ1n) is 15.0. The van der Waals surface area contributed by atoms with E-state index in [1.165, 1.54) is 7.11 Å². The quantitative estimate of drug-likeness (QED) is 0.223. The molecule has 3 atom stereocenters. The fourth-order valence-electron chi connectivity index (χ4n) is 5.66. The van der Waals surface area contributed by atoms with Crippen LogP contribution in [0.3, 0.4) is 0 Å². The van der Waals surface area contributed by atoms with Crippen LogP contribution in [0, 0.1) is 0 Å². The lowest BCUT2D eigenvalue weighted by Crippen LogP contribution is -2.52. The lowest BCUT2D eigenvalue weighted by atomic mass is 9.80. The summed E-state index contributed by atoms with van der Waals surface area (Å²) < 4.78 is 24.6. The Morgan fingerprint density at radius 3 is 2.67 bits per heavy atom. The zero-order valence-corrected chi connectivity index (χ0v) is 27.5. The second kappa shape index (κ2) is 15.0. The lowest BCUT2D eigenvalue weighted by Gasteiger charge is -2.39. The van der Waals surface area contributed by atoms with Crippen molar-refractivity contribution >= 4 is 34.7 Å². The van der Waals surface area contributed by atoms with Gasteiger partial charge in [-0.15, -0.1) is 11.6 Å². The highest BCUT2D eigenvalue weighted by Crippen LogP contribution is 2.43. The molecule has 2 aromatic heterocycles. The van der Waals surface area contributed by atoms with Crippen LogP contribution >= 0.6 is 23.2 Å². The smallest absolute Gasteiger partial charge is 0.270 e. The van der Waals surface area contributed by atoms with Crippen LogP contribution in [0.1, 0.15) is 45.4 Å². The second-order valence-corrected chi connectivity index (χ2v) is 12.4. The summed E-state index contributed by atoms with van der Waals surface area (Å²) in [7, 11) is 3.11. The van der Waals surface area contributed by atoms with Gasteiger partial charge in [0.05, 0.1) is 30.9 Å². The Kier molecular flexibility index (Phi) is 11.1. The fraction of sp³-hybridized carbons (Fsp3) is 0.382. The number of likely N-dealkylation sites (tertiary alicyclic amines) is 1. The largest absolute Gasteiger partial charge is 0.481 e. The number of allylic oxidation sites excluding steroid dienone is 2. The normalized spacial score (nSPS) is 20.6. The molecule has 1 aliphatic carbocycles. The minimum absolute atomic E-state index is 0.166. The molecule has 1 amide bonds. The van der Waals surface area contributed by atoms with Gasteiger partial charge in [-0.25, -0.2) is 9.37 Å². The van der Waals surface area contributed by atoms with Crippen molar-refractivity contribution in [2.45, 2.75) is 49.8 Å². The Labute approximate surface area is 278 Å². The number of aliphatic hydroxyl groups excluding tert-OH is 1. The Hall–Kier alpha value is -3.38. The van der Waals surface area contributed by atoms with E-state index in [-0.39, 0.29) is 12.3 Å². The van der Waals surface area contributed by atoms with E-state index in [0.717, 1.165) is 22.3 Å². The van der Waals surface area contributed by atoms with Crippen molar-refractivity contribution in [3.05, 3.63) is 106 Å². The van der Waals surface area contributed by atoms with Crippen LogP contribution in [-0.4, -0.2) is 77.4 Å². The average molecular weight is 671 g/mol. The number of carbonyl (C=O) groups is 1. The molecule has 3 N–H and O–H groups in total. The van der Waals surface area contributed by atoms with Gasteiger partial charge in [-0.1, -0.05) is 54.1 Å². The third-order valence-corrected chi connectivity index (χ3v) is 8.96. The molecular formula is C34H38Cl2FN5O4. The number of alkyl halides is 2. The number of aliphatic hydroxyl groups is 1. The number of halogens is 3. The summed E-state index contributed by atoms with van der Waals surface area (Å²) in [6.45, 7) is 4.01. The van der Waals surface area contributed by atoms with Gasteiger partial charge < -0.3 is 25.2 Å². The maximum Gasteiger partial charge on any atom is 0.270 e. The van der Waals surface area contributed by atoms with Gasteiger partial charge in [0.25, 0.3) is 5.91 Å². The van der Waals surface area contributed by atoms with Crippen LogP contribution in [0.15, 0.2) is 66.9 Å². The Balaban J connectivity index is 1.52. The molecular weight excluding hydrogens is 632 g/mol. The SMILES string of the molecule is COCc1cc(C(=O)NC2(c3ccc(CN4CC(F)C4)c(OC)n3)C=CC=C(c3ccccc3Cl)C2Cl)ncc1CNCC(C)O. The van der Waals surface area contributed by atoms with Gasteiger partial charge in [-0.05, 0) is 47.4 Å². The monoisotopic (exact) mass is 669 g/mol. The average Bonchev–Trinajstić information content (AvgIpc) is 3.02. The van der Waals surface area contributed by atoms with Gasteiger partial charge in [0.2, 0.25) is 5.88 Å². The number of rotatable bonds is 13. The number of amides is 1. The number of methoxy groups -OCH3 is 2. The molecule has 3 heterocycles. The molecule has 5 rings (SSSR count). The number of carbonyl (C=O) groups excluding carboxylic acids is 1. The van der Waals surface area contributed by atoms with Gasteiger partial charge in [-0.3, -0.25) is 14.7 Å². The van der Waals surface area contributed by atoms with Crippen molar-refractivity contribution in [1.82, 2.24) is 25.5 Å². The molecule has 0 saturated carbocycles. The summed E-state index contributed by atoms with van der Waals surface area (Å²) >= 11 is 13.9. The first kappa shape index (κ1) is 34.0. The highest BCUT2D eigenvalue weighted by atomic mass is 35.5. The molecule has 0 radical (unpaired) electrons. The van der Waals surface area contributed by atoms with Crippen molar-refractivity contribution in [1.29, 1.82) is 0 Å². The number of hydrogen-bond donors (Lipinski definition) is 3. The highest BCUT2D eigenvalue weighted by Gasteiger charge is 2.45. The first-order valence-corrected chi connectivity index (χ1v) is 15.8. The van der Waals surface area contributed by atoms with Gasteiger partial charge in [0.15, 0.2) is 0 Å². The van der Waals surface area contributed by atoms with E-state index in [9.17, 15) is 14.3 Å². The second-order valence-electron chi connectivity index (χ2n) is 11.6. The van der Waals surface area contributed by atoms with Gasteiger partial charge in [0, 0.05) is 56.6 Å². The number of ether oxygens (including phenoxy) is 2. The molecule has 1 aliphatic heterocycles. The summed E-state index contributed by atoms with van der Waals surface area (Å²) in [6.07, 6.45) is 5.79. The topological polar surface area (TPSA) is 109 Å². The molecule has 46 heavy (non-hydrogen) atoms. The summed E-state index contributed by atoms with van der Waals surface area (Å²) in [5, 5.41) is 15.6. The van der Waals surface area contributed by atoms with Crippen molar-refractivity contribution in [2.24, 2.45) is 0 Å². The van der Waals surface area contributed by atoms with Crippen LogP contribution in [-0.2, 0) is 30.0 Å². The Morgan fingerprint density at radius 1 is 1.20 bits per heavy atom. The molecule has 0 spiro atoms. The van der Waals surface area contributed by atoms with Crippen LogP contribution in [0.4, 0.5) is 4.39 Å². The van der Waals surface area contributed by atoms with Gasteiger partial charge >= 0.3 is 0 Å². The highest BCUT2D eigenvalue weighted by molar-refractivity contribution is 6.34. The maximum atomic E-state index is 14.1. The number of benzene rings is 1. The van der Waals surface area contributed by atoms with Crippen molar-refractivity contribution in [3.8, 4) is 5.88 Å². The van der Waals surface area contributed by atoms with E-state index >= 15 is 0 Å². The van der Waals surface area contributed by atoms with Crippen LogP contribution in [0.5, 0.6) is 5.88 Å². The zero-order chi connectivity index (χ0) is 32.8.